The molecule has 0 amide bonds. The number of likely N-dealkylation sites (tertiary alicyclic amines) is 1. The van der Waals surface area contributed by atoms with E-state index in [0.717, 1.165) is 12.0 Å². The Balaban J connectivity index is 1.41. The van der Waals surface area contributed by atoms with Gasteiger partial charge in [-0.05, 0) is 43.6 Å². The Kier molecular flexibility index (Phi) is 3.08. The molecule has 0 spiro atoms. The van der Waals surface area contributed by atoms with Crippen LogP contribution in [0.5, 0.6) is 0 Å². The highest BCUT2D eigenvalue weighted by Crippen LogP contribution is 2.41. The summed E-state index contributed by atoms with van der Waals surface area (Å²) in [7, 11) is 0. The Bertz CT molecular complexity index is 422. The first-order valence-electron chi connectivity index (χ1n) is 7.95. The van der Waals surface area contributed by atoms with Gasteiger partial charge in [0, 0.05) is 31.2 Å². The Hall–Kier alpha value is -0.860. The van der Waals surface area contributed by atoms with E-state index in [4.69, 9.17) is 0 Å². The molecule has 2 aliphatic carbocycles. The highest BCUT2D eigenvalue weighted by atomic mass is 15.2. The molecule has 1 aliphatic heterocycles. The predicted octanol–water partition coefficient (Wildman–Crippen LogP) is 2.96. The average Bonchev–Trinajstić information content (AvgIpc) is 3.37. The van der Waals surface area contributed by atoms with Gasteiger partial charge in [0.15, 0.2) is 0 Å². The second-order valence-corrected chi connectivity index (χ2v) is 6.60. The number of nitrogens with one attached hydrogen (secondary N) is 1. The van der Waals surface area contributed by atoms with Gasteiger partial charge in [-0.3, -0.25) is 4.90 Å². The van der Waals surface area contributed by atoms with E-state index in [-0.39, 0.29) is 0 Å². The highest BCUT2D eigenvalue weighted by molar-refractivity contribution is 5.21. The zero-order chi connectivity index (χ0) is 12.7. The van der Waals surface area contributed by atoms with Gasteiger partial charge in [-0.15, -0.1) is 0 Å². The third-order valence-electron chi connectivity index (χ3n) is 4.95. The number of hydrogen-bond acceptors (Lipinski definition) is 2. The molecule has 19 heavy (non-hydrogen) atoms. The summed E-state index contributed by atoms with van der Waals surface area (Å²) in [6.07, 6.45) is 7.04. The minimum absolute atomic E-state index is 0.602. The van der Waals surface area contributed by atoms with Gasteiger partial charge in [-0.2, -0.15) is 0 Å². The summed E-state index contributed by atoms with van der Waals surface area (Å²) < 4.78 is 0. The van der Waals surface area contributed by atoms with E-state index in [1.807, 2.05) is 0 Å². The van der Waals surface area contributed by atoms with Crippen LogP contribution >= 0.6 is 0 Å². The molecule has 1 saturated heterocycles. The van der Waals surface area contributed by atoms with Crippen LogP contribution in [-0.2, 0) is 0 Å². The summed E-state index contributed by atoms with van der Waals surface area (Å²) in [4.78, 5) is 2.70. The largest absolute Gasteiger partial charge is 0.306 e. The van der Waals surface area contributed by atoms with Crippen molar-refractivity contribution >= 4 is 0 Å². The van der Waals surface area contributed by atoms with Crippen LogP contribution in [0.3, 0.4) is 0 Å². The van der Waals surface area contributed by atoms with Crippen LogP contribution in [0.1, 0.15) is 43.7 Å². The molecular weight excluding hydrogens is 232 g/mol. The monoisotopic (exact) mass is 256 g/mol. The van der Waals surface area contributed by atoms with Gasteiger partial charge in [0.25, 0.3) is 0 Å². The second-order valence-electron chi connectivity index (χ2n) is 6.60. The quantitative estimate of drug-likeness (QED) is 0.871. The van der Waals surface area contributed by atoms with Crippen molar-refractivity contribution < 1.29 is 0 Å². The van der Waals surface area contributed by atoms with Crippen LogP contribution < -0.4 is 5.32 Å². The Morgan fingerprint density at radius 2 is 1.79 bits per heavy atom. The second kappa shape index (κ2) is 4.92. The molecule has 0 aromatic heterocycles. The maximum atomic E-state index is 3.97. The molecule has 2 unspecified atom stereocenters. The van der Waals surface area contributed by atoms with Crippen molar-refractivity contribution in [2.24, 2.45) is 5.92 Å². The van der Waals surface area contributed by atoms with E-state index >= 15 is 0 Å². The molecule has 4 rings (SSSR count). The van der Waals surface area contributed by atoms with E-state index in [2.05, 4.69) is 40.5 Å². The van der Waals surface area contributed by atoms with Crippen LogP contribution in [0.25, 0.3) is 0 Å². The van der Waals surface area contributed by atoms with Gasteiger partial charge in [-0.25, -0.2) is 0 Å². The zero-order valence-corrected chi connectivity index (χ0v) is 11.6. The third-order valence-corrected chi connectivity index (χ3v) is 4.95. The fourth-order valence-corrected chi connectivity index (χ4v) is 3.54. The first-order valence-corrected chi connectivity index (χ1v) is 7.95. The average molecular weight is 256 g/mol. The topological polar surface area (TPSA) is 15.3 Å². The third kappa shape index (κ3) is 2.70. The summed E-state index contributed by atoms with van der Waals surface area (Å²) in [6.45, 7) is 2.59. The lowest BCUT2D eigenvalue weighted by atomic mass is 10.0. The van der Waals surface area contributed by atoms with Crippen molar-refractivity contribution in [3.63, 3.8) is 0 Å². The number of nitrogens with zero attached hydrogens (tertiary/aromatic N) is 1. The lowest BCUT2D eigenvalue weighted by Crippen LogP contribution is -2.36. The molecule has 1 aromatic carbocycles. The Morgan fingerprint density at radius 3 is 2.47 bits per heavy atom. The zero-order valence-electron chi connectivity index (χ0n) is 11.6. The van der Waals surface area contributed by atoms with Crippen LogP contribution in [0.2, 0.25) is 0 Å². The van der Waals surface area contributed by atoms with Crippen molar-refractivity contribution in [3.05, 3.63) is 35.9 Å². The molecular formula is C17H24N2. The van der Waals surface area contributed by atoms with Crippen LogP contribution in [0.4, 0.5) is 0 Å². The highest BCUT2D eigenvalue weighted by Gasteiger charge is 2.38. The molecule has 3 aliphatic rings. The van der Waals surface area contributed by atoms with Gasteiger partial charge >= 0.3 is 0 Å². The standard InChI is InChI=1S/C17H24N2/c1-2-4-13(5-3-1)17(14-6-7-14)18-15-10-11-19(12-15)16-8-9-16/h1-5,14-18H,6-12H2. The minimum Gasteiger partial charge on any atom is -0.306 e. The predicted molar refractivity (Wildman–Crippen MR) is 78.0 cm³/mol. The maximum Gasteiger partial charge on any atom is 0.0351 e. The van der Waals surface area contributed by atoms with Crippen LogP contribution in [0, 0.1) is 5.92 Å². The lowest BCUT2D eigenvalue weighted by Gasteiger charge is -2.24. The van der Waals surface area contributed by atoms with Gasteiger partial charge in [-0.1, -0.05) is 30.3 Å². The van der Waals surface area contributed by atoms with Crippen LogP contribution in [0.15, 0.2) is 30.3 Å². The summed E-state index contributed by atoms with van der Waals surface area (Å²) in [5.74, 6) is 0.886. The molecule has 1 aromatic rings. The summed E-state index contributed by atoms with van der Waals surface area (Å²) >= 11 is 0. The summed E-state index contributed by atoms with van der Waals surface area (Å²) in [5, 5.41) is 3.97. The molecule has 2 saturated carbocycles. The molecule has 3 fully saturated rings. The van der Waals surface area contributed by atoms with Crippen molar-refractivity contribution in [2.75, 3.05) is 13.1 Å². The number of rotatable bonds is 5. The lowest BCUT2D eigenvalue weighted by molar-refractivity contribution is 0.309. The maximum absolute atomic E-state index is 3.97. The molecule has 2 nitrogen and oxygen atoms in total. The van der Waals surface area contributed by atoms with Gasteiger partial charge in [0.1, 0.15) is 0 Å². The fourth-order valence-electron chi connectivity index (χ4n) is 3.54. The van der Waals surface area contributed by atoms with Crippen molar-refractivity contribution in [1.82, 2.24) is 10.2 Å². The van der Waals surface area contributed by atoms with E-state index in [1.54, 1.807) is 0 Å². The van der Waals surface area contributed by atoms with E-state index in [1.165, 1.54) is 50.8 Å². The van der Waals surface area contributed by atoms with Gasteiger partial charge in [0.05, 0.1) is 0 Å². The van der Waals surface area contributed by atoms with Gasteiger partial charge < -0.3 is 5.32 Å². The molecule has 1 heterocycles. The first-order chi connectivity index (χ1) is 9.40. The molecule has 0 bridgehead atoms. The smallest absolute Gasteiger partial charge is 0.0351 e. The number of hydrogen-bond donors (Lipinski definition) is 1. The normalized spacial score (nSPS) is 29.6. The Morgan fingerprint density at radius 1 is 1.00 bits per heavy atom. The number of benzene rings is 1. The summed E-state index contributed by atoms with van der Waals surface area (Å²) in [5.41, 5.74) is 1.50. The molecule has 102 valence electrons. The molecule has 2 atom stereocenters. The van der Waals surface area contributed by atoms with Crippen molar-refractivity contribution in [2.45, 2.75) is 50.2 Å². The molecule has 0 radical (unpaired) electrons. The van der Waals surface area contributed by atoms with Gasteiger partial charge in [0.2, 0.25) is 0 Å². The molecule has 2 heteroatoms. The molecule has 1 N–H and O–H groups in total. The fraction of sp³-hybridized carbons (Fsp3) is 0.647. The minimum atomic E-state index is 0.602. The van der Waals surface area contributed by atoms with E-state index in [9.17, 15) is 0 Å². The van der Waals surface area contributed by atoms with E-state index in [0.29, 0.717) is 12.1 Å². The van der Waals surface area contributed by atoms with Crippen molar-refractivity contribution in [3.8, 4) is 0 Å². The summed E-state index contributed by atoms with van der Waals surface area (Å²) in [6, 6.07) is 13.3. The SMILES string of the molecule is c1ccc(C(NC2CCN(C3CC3)C2)C2CC2)cc1. The van der Waals surface area contributed by atoms with Crippen LogP contribution in [-0.4, -0.2) is 30.1 Å². The van der Waals surface area contributed by atoms with Crippen molar-refractivity contribution in [1.29, 1.82) is 0 Å². The Labute approximate surface area is 116 Å². The first kappa shape index (κ1) is 11.9. The van der Waals surface area contributed by atoms with E-state index < -0.39 is 0 Å².